The first kappa shape index (κ1) is 31.5. The molecule has 13 heteroatoms. The summed E-state index contributed by atoms with van der Waals surface area (Å²) in [4.78, 5) is 54.4. The van der Waals surface area contributed by atoms with Crippen LogP contribution in [0.4, 0.5) is 9.18 Å². The van der Waals surface area contributed by atoms with E-state index >= 15 is 0 Å². The highest BCUT2D eigenvalue weighted by Gasteiger charge is 2.61. The van der Waals surface area contributed by atoms with Gasteiger partial charge in [-0.05, 0) is 83.6 Å². The lowest BCUT2D eigenvalue weighted by atomic mass is 10.0. The van der Waals surface area contributed by atoms with E-state index in [0.717, 1.165) is 37.1 Å². The normalized spacial score (nSPS) is 27.8. The van der Waals surface area contributed by atoms with Crippen molar-refractivity contribution in [1.82, 2.24) is 20.3 Å². The van der Waals surface area contributed by atoms with Crippen molar-refractivity contribution in [3.05, 3.63) is 42.2 Å². The van der Waals surface area contributed by atoms with Crippen LogP contribution in [0.2, 0.25) is 0 Å². The monoisotopic (exact) mass is 606 g/mol. The molecule has 4 atom stereocenters. The van der Waals surface area contributed by atoms with Gasteiger partial charge in [0.25, 0.3) is 15.9 Å². The van der Waals surface area contributed by atoms with Gasteiger partial charge in [-0.2, -0.15) is 0 Å². The predicted octanol–water partition coefficient (Wildman–Crippen LogP) is 2.91. The Hall–Kier alpha value is -3.48. The number of amides is 4. The van der Waals surface area contributed by atoms with Gasteiger partial charge in [0, 0.05) is 12.5 Å². The van der Waals surface area contributed by atoms with E-state index in [1.807, 2.05) is 16.9 Å². The Morgan fingerprint density at radius 1 is 1.07 bits per heavy atom. The van der Waals surface area contributed by atoms with Gasteiger partial charge in [-0.25, -0.2) is 22.3 Å². The number of fused-ring (bicyclic) bond motifs is 2. The molecule has 2 aliphatic heterocycles. The second-order valence-corrected chi connectivity index (χ2v) is 13.8. The van der Waals surface area contributed by atoms with Crippen molar-refractivity contribution in [2.45, 2.75) is 100 Å². The molecule has 0 aromatic heterocycles. The summed E-state index contributed by atoms with van der Waals surface area (Å²) < 4.78 is 46.5. The van der Waals surface area contributed by atoms with Crippen molar-refractivity contribution in [3.8, 4) is 0 Å². The Kier molecular flexibility index (Phi) is 9.29. The zero-order chi connectivity index (χ0) is 30.7. The molecule has 1 saturated heterocycles. The van der Waals surface area contributed by atoms with Crippen LogP contribution in [-0.4, -0.2) is 66.9 Å². The molecule has 11 nitrogen and oxygen atoms in total. The number of sulfonamides is 1. The highest BCUT2D eigenvalue weighted by molar-refractivity contribution is 7.90. The van der Waals surface area contributed by atoms with Crippen LogP contribution >= 0.6 is 0 Å². The zero-order valence-electron chi connectivity index (χ0n) is 24.2. The molecule has 230 valence electrons. The highest BCUT2D eigenvalue weighted by atomic mass is 32.2. The lowest BCUT2D eigenvalue weighted by molar-refractivity contribution is -0.141. The second kappa shape index (κ2) is 12.4. The van der Waals surface area contributed by atoms with Crippen LogP contribution in [0.1, 0.15) is 72.1 Å². The third-order valence-corrected chi connectivity index (χ3v) is 9.02. The van der Waals surface area contributed by atoms with Crippen LogP contribution in [0.3, 0.4) is 0 Å². The molecule has 42 heavy (non-hydrogen) atoms. The summed E-state index contributed by atoms with van der Waals surface area (Å²) in [5, 5.41) is 5.45. The van der Waals surface area contributed by atoms with Crippen molar-refractivity contribution in [1.29, 1.82) is 0 Å². The van der Waals surface area contributed by atoms with Crippen LogP contribution in [0.15, 0.2) is 41.3 Å². The fourth-order valence-corrected chi connectivity index (χ4v) is 6.47. The number of carbonyl (C=O) groups is 4. The van der Waals surface area contributed by atoms with Crippen molar-refractivity contribution in [2.75, 3.05) is 6.54 Å². The number of benzene rings is 1. The van der Waals surface area contributed by atoms with Crippen LogP contribution in [0.25, 0.3) is 0 Å². The van der Waals surface area contributed by atoms with Crippen LogP contribution < -0.4 is 15.4 Å². The van der Waals surface area contributed by atoms with E-state index in [2.05, 4.69) is 10.6 Å². The second-order valence-electron chi connectivity index (χ2n) is 12.1. The lowest BCUT2D eigenvalue weighted by Crippen LogP contribution is -2.58. The van der Waals surface area contributed by atoms with Gasteiger partial charge in [-0.15, -0.1) is 0 Å². The Morgan fingerprint density at radius 2 is 1.79 bits per heavy atom. The smallest absolute Gasteiger partial charge is 0.408 e. The summed E-state index contributed by atoms with van der Waals surface area (Å²) in [7, 11) is -4.34. The minimum absolute atomic E-state index is 0.184. The molecule has 4 amide bonds. The average Bonchev–Trinajstić information content (AvgIpc) is 3.35. The molecule has 4 rings (SSSR count). The molecule has 0 spiro atoms. The standard InChI is InChI=1S/C29H39FN4O7S/c1-28(2,3)41-27(38)31-22-11-8-6-4-5-7-10-19-18-29(19,32-24(35)23-12-9-17-34(23)25(22)36)26(37)33-42(39,40)21-15-13-20(30)14-16-21/h7,10,13-16,19,22-23H,4-6,8-9,11-12,17-18H2,1-3H3,(H,31,38)(H,32,35)(H,33,37)/b10-7-/t19-,22+,23?,29-/m1/s1. The molecule has 0 bridgehead atoms. The number of rotatable bonds is 4. The van der Waals surface area contributed by atoms with Gasteiger partial charge in [-0.3, -0.25) is 14.4 Å². The fraction of sp³-hybridized carbons (Fsp3) is 0.586. The molecule has 2 fully saturated rings. The number of alkyl carbamates (subject to hydrolysis) is 1. The molecular weight excluding hydrogens is 567 g/mol. The van der Waals surface area contributed by atoms with E-state index in [9.17, 15) is 32.0 Å². The molecule has 3 aliphatic rings. The Labute approximate surface area is 245 Å². The number of halogens is 1. The summed E-state index contributed by atoms with van der Waals surface area (Å²) in [5.74, 6) is -2.95. The minimum atomic E-state index is -4.34. The first-order chi connectivity index (χ1) is 19.7. The van der Waals surface area contributed by atoms with Crippen molar-refractivity contribution in [3.63, 3.8) is 0 Å². The van der Waals surface area contributed by atoms with E-state index in [1.165, 1.54) is 4.90 Å². The maximum atomic E-state index is 13.7. The van der Waals surface area contributed by atoms with Gasteiger partial charge >= 0.3 is 6.09 Å². The number of hydrogen-bond acceptors (Lipinski definition) is 7. The number of ether oxygens (including phenoxy) is 1. The zero-order valence-corrected chi connectivity index (χ0v) is 25.0. The van der Waals surface area contributed by atoms with E-state index in [-0.39, 0.29) is 11.3 Å². The lowest BCUT2D eigenvalue weighted by Gasteiger charge is -2.30. The third-order valence-electron chi connectivity index (χ3n) is 7.68. The Balaban J connectivity index is 1.56. The predicted molar refractivity (Wildman–Crippen MR) is 151 cm³/mol. The van der Waals surface area contributed by atoms with Gasteiger partial charge in [0.1, 0.15) is 29.0 Å². The molecule has 1 aromatic rings. The molecule has 0 radical (unpaired) electrons. The molecule has 3 N–H and O–H groups in total. The summed E-state index contributed by atoms with van der Waals surface area (Å²) in [6.07, 6.45) is 7.40. The van der Waals surface area contributed by atoms with Gasteiger partial charge in [0.15, 0.2) is 0 Å². The van der Waals surface area contributed by atoms with E-state index in [1.54, 1.807) is 20.8 Å². The first-order valence-corrected chi connectivity index (χ1v) is 15.8. The summed E-state index contributed by atoms with van der Waals surface area (Å²) in [5.41, 5.74) is -2.28. The molecule has 1 aromatic carbocycles. The topological polar surface area (TPSA) is 151 Å². The van der Waals surface area contributed by atoms with Crippen molar-refractivity contribution in [2.24, 2.45) is 5.92 Å². The summed E-state index contributed by atoms with van der Waals surface area (Å²) in [6, 6.07) is 2.26. The fourth-order valence-electron chi connectivity index (χ4n) is 5.43. The van der Waals surface area contributed by atoms with E-state index in [4.69, 9.17) is 4.74 Å². The van der Waals surface area contributed by atoms with Crippen molar-refractivity contribution >= 4 is 33.8 Å². The van der Waals surface area contributed by atoms with Crippen LogP contribution in [0, 0.1) is 11.7 Å². The Bertz CT molecular complexity index is 1340. The maximum Gasteiger partial charge on any atom is 0.408 e. The number of nitrogens with zero attached hydrogens (tertiary/aromatic N) is 1. The van der Waals surface area contributed by atoms with Gasteiger partial charge in [0.2, 0.25) is 11.8 Å². The number of allylic oxidation sites excluding steroid dienone is 1. The highest BCUT2D eigenvalue weighted by Crippen LogP contribution is 2.45. The first-order valence-electron chi connectivity index (χ1n) is 14.3. The molecule has 1 unspecified atom stereocenters. The molecular formula is C29H39FN4O7S. The quantitative estimate of drug-likeness (QED) is 0.446. The summed E-state index contributed by atoms with van der Waals surface area (Å²) >= 11 is 0. The number of hydrogen-bond donors (Lipinski definition) is 3. The third kappa shape index (κ3) is 7.47. The number of nitrogens with one attached hydrogen (secondary N) is 3. The molecule has 1 saturated carbocycles. The molecule has 2 heterocycles. The SMILES string of the molecule is CC(C)(C)OC(=O)N[C@H]1CCCCC/C=C\[C@@H]2C[C@@]2(C(=O)NS(=O)(=O)c2ccc(F)cc2)NC(=O)C2CCCN2C1=O. The van der Waals surface area contributed by atoms with Crippen molar-refractivity contribution < 1.29 is 36.7 Å². The van der Waals surface area contributed by atoms with E-state index < -0.39 is 68.8 Å². The van der Waals surface area contributed by atoms with Gasteiger partial charge in [0.05, 0.1) is 4.90 Å². The Morgan fingerprint density at radius 3 is 2.48 bits per heavy atom. The maximum absolute atomic E-state index is 13.7. The molecule has 1 aliphatic carbocycles. The number of carbonyl (C=O) groups excluding carboxylic acids is 4. The van der Waals surface area contributed by atoms with Gasteiger partial charge in [-0.1, -0.05) is 25.0 Å². The summed E-state index contributed by atoms with van der Waals surface area (Å²) in [6.45, 7) is 5.47. The van der Waals surface area contributed by atoms with Crippen LogP contribution in [0.5, 0.6) is 0 Å². The van der Waals surface area contributed by atoms with E-state index in [0.29, 0.717) is 38.6 Å². The average molecular weight is 607 g/mol. The largest absolute Gasteiger partial charge is 0.444 e. The van der Waals surface area contributed by atoms with Gasteiger partial charge < -0.3 is 20.3 Å². The van der Waals surface area contributed by atoms with Crippen LogP contribution in [-0.2, 0) is 29.1 Å². The minimum Gasteiger partial charge on any atom is -0.444 e.